The average molecular weight is 245 g/mol. The lowest BCUT2D eigenvalue weighted by atomic mass is 10.1. The van der Waals surface area contributed by atoms with Crippen LogP contribution in [0, 0.1) is 11.8 Å². The molecule has 0 aromatic carbocycles. The fraction of sp³-hybridized carbons (Fsp3) is 0.833. The van der Waals surface area contributed by atoms with Gasteiger partial charge in [-0.1, -0.05) is 48.4 Å². The van der Waals surface area contributed by atoms with Gasteiger partial charge in [-0.25, -0.2) is 0 Å². The topological polar surface area (TPSA) is 0 Å². The molecule has 76 valence electrons. The number of hydrogen-bond acceptors (Lipinski definition) is 0. The highest BCUT2D eigenvalue weighted by atomic mass is 79.9. The van der Waals surface area contributed by atoms with Crippen LogP contribution >= 0.6 is 15.9 Å². The summed E-state index contributed by atoms with van der Waals surface area (Å²) in [6.07, 6.45) is 11.8. The second-order valence-corrected chi connectivity index (χ2v) is 5.85. The van der Waals surface area contributed by atoms with E-state index in [1.165, 1.54) is 32.1 Å². The highest BCUT2D eigenvalue weighted by Gasteiger charge is 2.25. The second kappa shape index (κ2) is 5.85. The minimum atomic E-state index is 0.711. The molecule has 1 saturated carbocycles. The summed E-state index contributed by atoms with van der Waals surface area (Å²) in [6.45, 7) is 4.36. The molecule has 2 bridgehead atoms. The van der Waals surface area contributed by atoms with E-state index >= 15 is 0 Å². The van der Waals surface area contributed by atoms with Crippen LogP contribution < -0.4 is 0 Å². The first-order valence-electron chi connectivity index (χ1n) is 5.54. The largest absolute Gasteiger partial charge is 0.0894 e. The first kappa shape index (κ1) is 11.3. The van der Waals surface area contributed by atoms with Crippen LogP contribution in [-0.4, -0.2) is 4.83 Å². The predicted molar refractivity (Wildman–Crippen MR) is 63.3 cm³/mol. The third-order valence-corrected chi connectivity index (χ3v) is 3.31. The van der Waals surface area contributed by atoms with Crippen molar-refractivity contribution in [3.8, 4) is 0 Å². The van der Waals surface area contributed by atoms with Crippen molar-refractivity contribution in [1.29, 1.82) is 0 Å². The summed E-state index contributed by atoms with van der Waals surface area (Å²) in [4.78, 5) is 0.711. The van der Waals surface area contributed by atoms with Crippen molar-refractivity contribution in [3.63, 3.8) is 0 Å². The molecule has 0 nitrogen and oxygen atoms in total. The first-order valence-corrected chi connectivity index (χ1v) is 6.46. The van der Waals surface area contributed by atoms with Crippen molar-refractivity contribution < 1.29 is 0 Å². The molecule has 2 aliphatic rings. The van der Waals surface area contributed by atoms with E-state index in [-0.39, 0.29) is 0 Å². The van der Waals surface area contributed by atoms with Gasteiger partial charge in [0.25, 0.3) is 0 Å². The van der Waals surface area contributed by atoms with Crippen molar-refractivity contribution in [1.82, 2.24) is 0 Å². The molecule has 3 atom stereocenters. The summed E-state index contributed by atoms with van der Waals surface area (Å²) < 4.78 is 0. The van der Waals surface area contributed by atoms with Crippen molar-refractivity contribution in [2.75, 3.05) is 0 Å². The number of hydrogen-bond donors (Lipinski definition) is 0. The summed E-state index contributed by atoms with van der Waals surface area (Å²) in [7, 11) is 0. The van der Waals surface area contributed by atoms with Crippen LogP contribution in [0.2, 0.25) is 0 Å². The number of alkyl halides is 1. The zero-order valence-corrected chi connectivity index (χ0v) is 10.4. The van der Waals surface area contributed by atoms with E-state index in [4.69, 9.17) is 0 Å². The van der Waals surface area contributed by atoms with Crippen LogP contribution in [-0.2, 0) is 0 Å². The van der Waals surface area contributed by atoms with Gasteiger partial charge in [-0.15, -0.1) is 0 Å². The monoisotopic (exact) mass is 244 g/mol. The lowest BCUT2D eigenvalue weighted by Crippen LogP contribution is -1.84. The summed E-state index contributed by atoms with van der Waals surface area (Å²) in [5, 5.41) is 0. The Morgan fingerprint density at radius 2 is 1.85 bits per heavy atom. The number of fused-ring (bicyclic) bond motifs is 2. The normalized spacial score (nSPS) is 31.3. The minimum absolute atomic E-state index is 0.711. The highest BCUT2D eigenvalue weighted by molar-refractivity contribution is 9.09. The maximum Gasteiger partial charge on any atom is 0.0117 e. The fourth-order valence-electron chi connectivity index (χ4n) is 2.11. The molecule has 2 rings (SSSR count). The molecule has 0 aromatic heterocycles. The Morgan fingerprint density at radius 3 is 1.92 bits per heavy atom. The SMILES string of the molecule is C1=CC2CCC1C2.CCCC(C)Br. The molecule has 0 aliphatic heterocycles. The van der Waals surface area contributed by atoms with Gasteiger partial charge in [0.2, 0.25) is 0 Å². The van der Waals surface area contributed by atoms with Gasteiger partial charge in [-0.3, -0.25) is 0 Å². The van der Waals surface area contributed by atoms with Crippen LogP contribution in [0.15, 0.2) is 12.2 Å². The lowest BCUT2D eigenvalue weighted by Gasteiger charge is -1.96. The van der Waals surface area contributed by atoms with E-state index in [2.05, 4.69) is 41.9 Å². The average Bonchev–Trinajstić information content (AvgIpc) is 2.66. The Balaban J connectivity index is 0.000000133. The first-order chi connectivity index (χ1) is 6.22. The third kappa shape index (κ3) is 4.30. The quantitative estimate of drug-likeness (QED) is 0.494. The Bertz CT molecular complexity index is 149. The summed E-state index contributed by atoms with van der Waals surface area (Å²) in [6, 6.07) is 0. The van der Waals surface area contributed by atoms with Crippen LogP contribution in [0.3, 0.4) is 0 Å². The van der Waals surface area contributed by atoms with Gasteiger partial charge >= 0.3 is 0 Å². The molecule has 3 unspecified atom stereocenters. The number of allylic oxidation sites excluding steroid dienone is 2. The number of halogens is 1. The molecule has 1 heteroatoms. The van der Waals surface area contributed by atoms with Crippen LogP contribution in [0.4, 0.5) is 0 Å². The predicted octanol–water partition coefficient (Wildman–Crippen LogP) is 4.54. The summed E-state index contributed by atoms with van der Waals surface area (Å²) in [5.41, 5.74) is 0. The van der Waals surface area contributed by atoms with E-state index in [9.17, 15) is 0 Å². The molecule has 0 spiro atoms. The molecule has 2 aliphatic carbocycles. The molecule has 1 fully saturated rings. The van der Waals surface area contributed by atoms with Gasteiger partial charge < -0.3 is 0 Å². The van der Waals surface area contributed by atoms with Crippen LogP contribution in [0.1, 0.15) is 46.0 Å². The zero-order chi connectivity index (χ0) is 9.68. The van der Waals surface area contributed by atoms with E-state index in [0.717, 1.165) is 11.8 Å². The van der Waals surface area contributed by atoms with Gasteiger partial charge in [0.05, 0.1) is 0 Å². The van der Waals surface area contributed by atoms with Crippen LogP contribution in [0.5, 0.6) is 0 Å². The van der Waals surface area contributed by atoms with Gasteiger partial charge in [-0.05, 0) is 37.5 Å². The van der Waals surface area contributed by atoms with E-state index in [0.29, 0.717) is 4.83 Å². The molecule has 0 saturated heterocycles. The van der Waals surface area contributed by atoms with Gasteiger partial charge in [0.1, 0.15) is 0 Å². The van der Waals surface area contributed by atoms with E-state index in [1.54, 1.807) is 0 Å². The lowest BCUT2D eigenvalue weighted by molar-refractivity contribution is 0.691. The van der Waals surface area contributed by atoms with Crippen molar-refractivity contribution in [3.05, 3.63) is 12.2 Å². The van der Waals surface area contributed by atoms with Gasteiger partial charge in [0, 0.05) is 4.83 Å². The van der Waals surface area contributed by atoms with Crippen LogP contribution in [0.25, 0.3) is 0 Å². The Hall–Kier alpha value is 0.220. The number of rotatable bonds is 2. The van der Waals surface area contributed by atoms with Crippen molar-refractivity contribution >= 4 is 15.9 Å². The van der Waals surface area contributed by atoms with Crippen molar-refractivity contribution in [2.24, 2.45) is 11.8 Å². The fourth-order valence-corrected chi connectivity index (χ4v) is 2.57. The Kier molecular flexibility index (Phi) is 5.08. The Morgan fingerprint density at radius 1 is 1.31 bits per heavy atom. The zero-order valence-electron chi connectivity index (χ0n) is 8.80. The molecule has 13 heavy (non-hydrogen) atoms. The third-order valence-electron chi connectivity index (χ3n) is 2.86. The Labute approximate surface area is 90.9 Å². The van der Waals surface area contributed by atoms with Gasteiger partial charge in [-0.2, -0.15) is 0 Å². The summed E-state index contributed by atoms with van der Waals surface area (Å²) in [5.74, 6) is 1.98. The maximum absolute atomic E-state index is 3.43. The molecular formula is C12H21Br. The van der Waals surface area contributed by atoms with E-state index in [1.807, 2.05) is 0 Å². The second-order valence-electron chi connectivity index (χ2n) is 4.29. The molecule has 0 heterocycles. The van der Waals surface area contributed by atoms with Gasteiger partial charge in [0.15, 0.2) is 0 Å². The molecular weight excluding hydrogens is 224 g/mol. The highest BCUT2D eigenvalue weighted by Crippen LogP contribution is 2.38. The molecule has 0 radical (unpaired) electrons. The smallest absolute Gasteiger partial charge is 0.0117 e. The van der Waals surface area contributed by atoms with E-state index < -0.39 is 0 Å². The standard InChI is InChI=1S/C7H10.C5H11Br/c1-2-7-4-3-6(1)5-7;1-3-4-5(2)6/h1-2,6-7H,3-5H2;5H,3-4H2,1-2H3. The molecule has 0 N–H and O–H groups in total. The van der Waals surface area contributed by atoms with Crippen molar-refractivity contribution in [2.45, 2.75) is 50.8 Å². The summed E-state index contributed by atoms with van der Waals surface area (Å²) >= 11 is 3.43. The maximum atomic E-state index is 3.43. The minimum Gasteiger partial charge on any atom is -0.0894 e. The molecule has 0 amide bonds. The molecule has 0 aromatic rings.